The van der Waals surface area contributed by atoms with Gasteiger partial charge in [0, 0.05) is 0 Å². The van der Waals surface area contributed by atoms with Crippen molar-refractivity contribution < 1.29 is 4.74 Å². The molecule has 0 heterocycles. The summed E-state index contributed by atoms with van der Waals surface area (Å²) in [4.78, 5) is 0. The molecule has 1 aromatic rings. The van der Waals surface area contributed by atoms with Crippen molar-refractivity contribution in [3.8, 4) is 11.8 Å². The molecule has 1 fully saturated rings. The molecule has 0 radical (unpaired) electrons. The second-order valence-electron chi connectivity index (χ2n) is 4.78. The van der Waals surface area contributed by atoms with Gasteiger partial charge in [-0.1, -0.05) is 32.1 Å². The molecule has 2 rings (SSSR count). The zero-order valence-electron chi connectivity index (χ0n) is 10.2. The molecule has 0 spiro atoms. The predicted octanol–water partition coefficient (Wildman–Crippen LogP) is 3.91. The first kappa shape index (κ1) is 12.0. The molecule has 0 aromatic heterocycles. The third kappa shape index (κ3) is 3.78. The summed E-state index contributed by atoms with van der Waals surface area (Å²) in [6.45, 7) is 0.802. The lowest BCUT2D eigenvalue weighted by Crippen LogP contribution is -2.10. The van der Waals surface area contributed by atoms with Crippen molar-refractivity contribution in [1.82, 2.24) is 0 Å². The minimum Gasteiger partial charge on any atom is -0.494 e. The third-order valence-corrected chi connectivity index (χ3v) is 3.50. The van der Waals surface area contributed by atoms with Gasteiger partial charge in [-0.25, -0.2) is 0 Å². The summed E-state index contributed by atoms with van der Waals surface area (Å²) in [6.07, 6.45) is 8.10. The Morgan fingerprint density at radius 1 is 1.12 bits per heavy atom. The maximum Gasteiger partial charge on any atom is 0.119 e. The lowest BCUT2D eigenvalue weighted by Gasteiger charge is -2.21. The second kappa shape index (κ2) is 6.30. The minimum atomic E-state index is 0.685. The Labute approximate surface area is 103 Å². The van der Waals surface area contributed by atoms with E-state index in [0.29, 0.717) is 5.56 Å². The molecule has 1 aromatic carbocycles. The number of hydrogen-bond acceptors (Lipinski definition) is 2. The smallest absolute Gasteiger partial charge is 0.119 e. The van der Waals surface area contributed by atoms with Crippen LogP contribution < -0.4 is 4.74 Å². The molecule has 90 valence electrons. The van der Waals surface area contributed by atoms with Gasteiger partial charge in [-0.05, 0) is 36.6 Å². The summed E-state index contributed by atoms with van der Waals surface area (Å²) in [6, 6.07) is 9.46. The molecule has 0 atom stereocenters. The van der Waals surface area contributed by atoms with Crippen LogP contribution in [0.1, 0.15) is 44.1 Å². The van der Waals surface area contributed by atoms with Crippen LogP contribution in [0.25, 0.3) is 0 Å². The van der Waals surface area contributed by atoms with Gasteiger partial charge in [-0.3, -0.25) is 0 Å². The Hall–Kier alpha value is -1.49. The Morgan fingerprint density at radius 2 is 1.82 bits per heavy atom. The second-order valence-corrected chi connectivity index (χ2v) is 4.78. The van der Waals surface area contributed by atoms with Crippen molar-refractivity contribution in [3.05, 3.63) is 29.8 Å². The average molecular weight is 229 g/mol. The van der Waals surface area contributed by atoms with E-state index in [1.807, 2.05) is 12.1 Å². The van der Waals surface area contributed by atoms with Gasteiger partial charge in [-0.2, -0.15) is 5.26 Å². The zero-order valence-corrected chi connectivity index (χ0v) is 10.2. The number of nitriles is 1. The lowest BCUT2D eigenvalue weighted by molar-refractivity contribution is 0.246. The van der Waals surface area contributed by atoms with Crippen LogP contribution in [-0.2, 0) is 0 Å². The first-order chi connectivity index (χ1) is 8.38. The zero-order chi connectivity index (χ0) is 11.9. The predicted molar refractivity (Wildman–Crippen MR) is 67.8 cm³/mol. The van der Waals surface area contributed by atoms with E-state index in [9.17, 15) is 0 Å². The first-order valence-corrected chi connectivity index (χ1v) is 6.51. The Balaban J connectivity index is 1.72. The highest BCUT2D eigenvalue weighted by atomic mass is 16.5. The standard InChI is InChI=1S/C15H19NO/c16-12-14-6-8-15(9-7-14)17-11-10-13-4-2-1-3-5-13/h6-9,13H,1-5,10-11H2. The molecule has 0 bridgehead atoms. The van der Waals surface area contributed by atoms with E-state index in [4.69, 9.17) is 10.00 Å². The van der Waals surface area contributed by atoms with Gasteiger partial charge in [0.2, 0.25) is 0 Å². The molecular formula is C15H19NO. The van der Waals surface area contributed by atoms with E-state index < -0.39 is 0 Å². The van der Waals surface area contributed by atoms with Crippen LogP contribution in [-0.4, -0.2) is 6.61 Å². The maximum absolute atomic E-state index is 8.68. The van der Waals surface area contributed by atoms with Crippen LogP contribution in [0.3, 0.4) is 0 Å². The van der Waals surface area contributed by atoms with Gasteiger partial charge in [-0.15, -0.1) is 0 Å². The molecule has 1 aliphatic rings. The highest BCUT2D eigenvalue weighted by Crippen LogP contribution is 2.26. The highest BCUT2D eigenvalue weighted by Gasteiger charge is 2.12. The average Bonchev–Trinajstić information content (AvgIpc) is 2.41. The molecule has 1 saturated carbocycles. The van der Waals surface area contributed by atoms with Crippen LogP contribution in [0.2, 0.25) is 0 Å². The molecular weight excluding hydrogens is 210 g/mol. The van der Waals surface area contributed by atoms with E-state index in [-0.39, 0.29) is 0 Å². The van der Waals surface area contributed by atoms with Crippen molar-refractivity contribution in [2.45, 2.75) is 38.5 Å². The number of hydrogen-bond donors (Lipinski definition) is 0. The molecule has 2 heteroatoms. The van der Waals surface area contributed by atoms with Gasteiger partial charge >= 0.3 is 0 Å². The third-order valence-electron chi connectivity index (χ3n) is 3.50. The van der Waals surface area contributed by atoms with Gasteiger partial charge in [0.05, 0.1) is 18.2 Å². The lowest BCUT2D eigenvalue weighted by atomic mass is 9.87. The van der Waals surface area contributed by atoms with Crippen molar-refractivity contribution in [2.75, 3.05) is 6.61 Å². The Kier molecular flexibility index (Phi) is 4.44. The molecule has 1 aliphatic carbocycles. The van der Waals surface area contributed by atoms with Crippen molar-refractivity contribution in [3.63, 3.8) is 0 Å². The van der Waals surface area contributed by atoms with Gasteiger partial charge in [0.1, 0.15) is 5.75 Å². The summed E-state index contributed by atoms with van der Waals surface area (Å²) < 4.78 is 5.70. The number of ether oxygens (including phenoxy) is 1. The van der Waals surface area contributed by atoms with Gasteiger partial charge in [0.25, 0.3) is 0 Å². The van der Waals surface area contributed by atoms with E-state index >= 15 is 0 Å². The SMILES string of the molecule is N#Cc1ccc(OCCC2CCCCC2)cc1. The molecule has 17 heavy (non-hydrogen) atoms. The summed E-state index contributed by atoms with van der Waals surface area (Å²) in [7, 11) is 0. The van der Waals surface area contributed by atoms with E-state index in [2.05, 4.69) is 6.07 Å². The number of rotatable bonds is 4. The Morgan fingerprint density at radius 3 is 2.47 bits per heavy atom. The maximum atomic E-state index is 8.68. The summed E-state index contributed by atoms with van der Waals surface area (Å²) in [5, 5.41) is 8.68. The van der Waals surface area contributed by atoms with Crippen molar-refractivity contribution in [2.24, 2.45) is 5.92 Å². The van der Waals surface area contributed by atoms with Crippen LogP contribution in [0.5, 0.6) is 5.75 Å². The Bertz CT molecular complexity index is 371. The van der Waals surface area contributed by atoms with Crippen LogP contribution >= 0.6 is 0 Å². The fourth-order valence-electron chi connectivity index (χ4n) is 2.44. The largest absolute Gasteiger partial charge is 0.494 e. The molecule has 0 unspecified atom stereocenters. The summed E-state index contributed by atoms with van der Waals surface area (Å²) >= 11 is 0. The fourth-order valence-corrected chi connectivity index (χ4v) is 2.44. The van der Waals surface area contributed by atoms with Crippen molar-refractivity contribution >= 4 is 0 Å². The normalized spacial score (nSPS) is 16.4. The van der Waals surface area contributed by atoms with E-state index in [0.717, 1.165) is 18.3 Å². The fraction of sp³-hybridized carbons (Fsp3) is 0.533. The van der Waals surface area contributed by atoms with E-state index in [1.165, 1.54) is 38.5 Å². The monoisotopic (exact) mass is 229 g/mol. The van der Waals surface area contributed by atoms with Crippen LogP contribution in [0.4, 0.5) is 0 Å². The highest BCUT2D eigenvalue weighted by molar-refractivity contribution is 5.34. The van der Waals surface area contributed by atoms with Gasteiger partial charge in [0.15, 0.2) is 0 Å². The molecule has 0 aliphatic heterocycles. The molecule has 2 nitrogen and oxygen atoms in total. The first-order valence-electron chi connectivity index (χ1n) is 6.51. The quantitative estimate of drug-likeness (QED) is 0.784. The van der Waals surface area contributed by atoms with Crippen LogP contribution in [0, 0.1) is 17.2 Å². The van der Waals surface area contributed by atoms with Gasteiger partial charge < -0.3 is 4.74 Å². The topological polar surface area (TPSA) is 33.0 Å². The van der Waals surface area contributed by atoms with Crippen molar-refractivity contribution in [1.29, 1.82) is 5.26 Å². The molecule has 0 N–H and O–H groups in total. The summed E-state index contributed by atoms with van der Waals surface area (Å²) in [5.41, 5.74) is 0.685. The minimum absolute atomic E-state index is 0.685. The number of benzene rings is 1. The molecule has 0 amide bonds. The summed E-state index contributed by atoms with van der Waals surface area (Å²) in [5.74, 6) is 1.74. The van der Waals surface area contributed by atoms with Crippen LogP contribution in [0.15, 0.2) is 24.3 Å². The molecule has 0 saturated heterocycles. The van der Waals surface area contributed by atoms with E-state index in [1.54, 1.807) is 12.1 Å². The number of nitrogens with zero attached hydrogens (tertiary/aromatic N) is 1.